The fraction of sp³-hybridized carbons (Fsp3) is 0.800. The molecule has 5 heteroatoms. The van der Waals surface area contributed by atoms with Crippen LogP contribution in [0.15, 0.2) is 0 Å². The first kappa shape index (κ1) is 11.1. The smallest absolute Gasteiger partial charge is 0.294 e. The highest BCUT2D eigenvalue weighted by atomic mass is 35.5. The zero-order chi connectivity index (χ0) is 10.5. The number of hydrogen-bond acceptors (Lipinski definition) is 4. The zero-order valence-electron chi connectivity index (χ0n) is 8.62. The molecule has 84 valence electrons. The Hall–Kier alpha value is -0.350. The number of ether oxygens (including phenoxy) is 1. The van der Waals surface area contributed by atoms with Gasteiger partial charge in [-0.25, -0.2) is 0 Å². The van der Waals surface area contributed by atoms with Crippen molar-refractivity contribution in [1.29, 1.82) is 0 Å². The van der Waals surface area contributed by atoms with E-state index in [0.29, 0.717) is 17.0 Å². The van der Waals surface area contributed by atoms with Crippen molar-refractivity contribution in [3.8, 4) is 5.19 Å². The molecule has 0 saturated heterocycles. The van der Waals surface area contributed by atoms with E-state index >= 15 is 0 Å². The normalized spacial score (nSPS) is 17.9. The van der Waals surface area contributed by atoms with Crippen molar-refractivity contribution >= 4 is 22.9 Å². The van der Waals surface area contributed by atoms with Crippen LogP contribution in [0, 0.1) is 5.92 Å². The standard InChI is InChI=1S/C10H15ClN2OS/c11-6-9-12-13-10(15-9)14-7-8-4-2-1-3-5-8/h8H,1-7H2. The molecule has 0 spiro atoms. The fourth-order valence-electron chi connectivity index (χ4n) is 1.89. The summed E-state index contributed by atoms with van der Waals surface area (Å²) in [6, 6.07) is 0. The van der Waals surface area contributed by atoms with Crippen LogP contribution in [-0.2, 0) is 5.88 Å². The third kappa shape index (κ3) is 3.31. The quantitative estimate of drug-likeness (QED) is 0.765. The number of alkyl halides is 1. The first-order valence-electron chi connectivity index (χ1n) is 5.39. The summed E-state index contributed by atoms with van der Waals surface area (Å²) in [6.45, 7) is 0.789. The predicted molar refractivity (Wildman–Crippen MR) is 61.5 cm³/mol. The van der Waals surface area contributed by atoms with E-state index in [2.05, 4.69) is 10.2 Å². The summed E-state index contributed by atoms with van der Waals surface area (Å²) in [7, 11) is 0. The topological polar surface area (TPSA) is 35.0 Å². The van der Waals surface area contributed by atoms with E-state index in [1.165, 1.54) is 43.4 Å². The van der Waals surface area contributed by atoms with Crippen LogP contribution in [0.3, 0.4) is 0 Å². The third-order valence-corrected chi connectivity index (χ3v) is 3.98. The molecular formula is C10H15ClN2OS. The second kappa shape index (κ2) is 5.66. The lowest BCUT2D eigenvalue weighted by atomic mass is 9.90. The predicted octanol–water partition coefficient (Wildman–Crippen LogP) is 3.24. The van der Waals surface area contributed by atoms with Crippen molar-refractivity contribution in [2.75, 3.05) is 6.61 Å². The second-order valence-corrected chi connectivity index (χ2v) is 5.20. The molecule has 0 bridgehead atoms. The van der Waals surface area contributed by atoms with Crippen molar-refractivity contribution in [3.05, 3.63) is 5.01 Å². The van der Waals surface area contributed by atoms with E-state index in [1.54, 1.807) is 0 Å². The summed E-state index contributed by atoms with van der Waals surface area (Å²) in [6.07, 6.45) is 6.65. The van der Waals surface area contributed by atoms with Crippen LogP contribution >= 0.6 is 22.9 Å². The molecule has 1 aromatic rings. The molecule has 1 aliphatic rings. The molecule has 0 atom stereocenters. The van der Waals surface area contributed by atoms with Crippen LogP contribution in [0.2, 0.25) is 0 Å². The van der Waals surface area contributed by atoms with Gasteiger partial charge in [-0.05, 0) is 18.8 Å². The fourth-order valence-corrected chi connectivity index (χ4v) is 2.66. The molecule has 3 nitrogen and oxygen atoms in total. The molecule has 1 saturated carbocycles. The molecule has 1 aliphatic carbocycles. The van der Waals surface area contributed by atoms with Gasteiger partial charge in [-0.3, -0.25) is 0 Å². The van der Waals surface area contributed by atoms with Gasteiger partial charge in [0, 0.05) is 0 Å². The van der Waals surface area contributed by atoms with Crippen molar-refractivity contribution in [2.24, 2.45) is 5.92 Å². The summed E-state index contributed by atoms with van der Waals surface area (Å²) in [5.74, 6) is 1.13. The number of hydrogen-bond donors (Lipinski definition) is 0. The Morgan fingerprint density at radius 2 is 2.07 bits per heavy atom. The molecule has 1 aromatic heterocycles. The van der Waals surface area contributed by atoms with Crippen LogP contribution in [0.4, 0.5) is 0 Å². The molecule has 0 aliphatic heterocycles. The molecule has 2 rings (SSSR count). The molecule has 0 N–H and O–H groups in total. The zero-order valence-corrected chi connectivity index (χ0v) is 10.2. The monoisotopic (exact) mass is 246 g/mol. The Balaban J connectivity index is 1.76. The first-order chi connectivity index (χ1) is 7.38. The molecule has 0 radical (unpaired) electrons. The Morgan fingerprint density at radius 3 is 2.73 bits per heavy atom. The van der Waals surface area contributed by atoms with Gasteiger partial charge in [-0.1, -0.05) is 30.6 Å². The molecule has 0 aromatic carbocycles. The number of nitrogens with zero attached hydrogens (tertiary/aromatic N) is 2. The van der Waals surface area contributed by atoms with Crippen LogP contribution in [0.1, 0.15) is 37.1 Å². The number of halogens is 1. The largest absolute Gasteiger partial charge is 0.469 e. The van der Waals surface area contributed by atoms with Crippen molar-refractivity contribution < 1.29 is 4.74 Å². The second-order valence-electron chi connectivity index (χ2n) is 3.91. The Kier molecular flexibility index (Phi) is 4.20. The lowest BCUT2D eigenvalue weighted by Gasteiger charge is -2.20. The average Bonchev–Trinajstić information content (AvgIpc) is 2.76. The van der Waals surface area contributed by atoms with Gasteiger partial charge in [0.2, 0.25) is 0 Å². The van der Waals surface area contributed by atoms with Crippen LogP contribution < -0.4 is 4.74 Å². The van der Waals surface area contributed by atoms with Crippen molar-refractivity contribution in [3.63, 3.8) is 0 Å². The van der Waals surface area contributed by atoms with E-state index in [0.717, 1.165) is 11.6 Å². The summed E-state index contributed by atoms with van der Waals surface area (Å²) in [5.41, 5.74) is 0. The molecule has 0 unspecified atom stereocenters. The average molecular weight is 247 g/mol. The summed E-state index contributed by atoms with van der Waals surface area (Å²) in [4.78, 5) is 0. The van der Waals surface area contributed by atoms with Crippen LogP contribution in [0.25, 0.3) is 0 Å². The van der Waals surface area contributed by atoms with Crippen LogP contribution in [-0.4, -0.2) is 16.8 Å². The summed E-state index contributed by atoms with van der Waals surface area (Å²) < 4.78 is 5.61. The first-order valence-corrected chi connectivity index (χ1v) is 6.74. The van der Waals surface area contributed by atoms with E-state index < -0.39 is 0 Å². The van der Waals surface area contributed by atoms with Gasteiger partial charge < -0.3 is 4.74 Å². The Bertz CT molecular complexity index is 299. The lowest BCUT2D eigenvalue weighted by Crippen LogP contribution is -2.15. The van der Waals surface area contributed by atoms with Gasteiger partial charge in [0.05, 0.1) is 12.5 Å². The molecule has 15 heavy (non-hydrogen) atoms. The molecular weight excluding hydrogens is 232 g/mol. The molecule has 1 fully saturated rings. The molecule has 1 heterocycles. The minimum absolute atomic E-state index is 0.421. The molecule has 0 amide bonds. The maximum atomic E-state index is 5.64. The summed E-state index contributed by atoms with van der Waals surface area (Å²) in [5, 5.41) is 9.34. The highest BCUT2D eigenvalue weighted by Gasteiger charge is 2.15. The van der Waals surface area contributed by atoms with E-state index in [9.17, 15) is 0 Å². The number of rotatable bonds is 4. The Labute approximate surface area is 98.8 Å². The van der Waals surface area contributed by atoms with Gasteiger partial charge in [0.1, 0.15) is 5.01 Å². The van der Waals surface area contributed by atoms with Crippen LogP contribution in [0.5, 0.6) is 5.19 Å². The minimum atomic E-state index is 0.421. The maximum Gasteiger partial charge on any atom is 0.294 e. The highest BCUT2D eigenvalue weighted by Crippen LogP contribution is 2.25. The third-order valence-electron chi connectivity index (χ3n) is 2.73. The minimum Gasteiger partial charge on any atom is -0.469 e. The van der Waals surface area contributed by atoms with E-state index in [-0.39, 0.29) is 0 Å². The lowest BCUT2D eigenvalue weighted by molar-refractivity contribution is 0.207. The van der Waals surface area contributed by atoms with E-state index in [1.807, 2.05) is 0 Å². The Morgan fingerprint density at radius 1 is 1.27 bits per heavy atom. The van der Waals surface area contributed by atoms with E-state index in [4.69, 9.17) is 16.3 Å². The van der Waals surface area contributed by atoms with Gasteiger partial charge >= 0.3 is 0 Å². The number of aromatic nitrogens is 2. The highest BCUT2D eigenvalue weighted by molar-refractivity contribution is 7.13. The van der Waals surface area contributed by atoms with Gasteiger partial charge in [0.25, 0.3) is 5.19 Å². The SMILES string of the molecule is ClCc1nnc(OCC2CCCCC2)s1. The van der Waals surface area contributed by atoms with Gasteiger partial charge in [-0.2, -0.15) is 0 Å². The van der Waals surface area contributed by atoms with Gasteiger partial charge in [-0.15, -0.1) is 21.8 Å². The van der Waals surface area contributed by atoms with Crippen molar-refractivity contribution in [2.45, 2.75) is 38.0 Å². The van der Waals surface area contributed by atoms with Gasteiger partial charge in [0.15, 0.2) is 0 Å². The maximum absolute atomic E-state index is 5.64. The summed E-state index contributed by atoms with van der Waals surface area (Å²) >= 11 is 7.09. The van der Waals surface area contributed by atoms with Crippen molar-refractivity contribution in [1.82, 2.24) is 10.2 Å².